The Labute approximate surface area is 205 Å². The average Bonchev–Trinajstić information content (AvgIpc) is 2.85. The second kappa shape index (κ2) is 10.1. The van der Waals surface area contributed by atoms with Gasteiger partial charge in [0.2, 0.25) is 0 Å². The van der Waals surface area contributed by atoms with Crippen molar-refractivity contribution in [2.45, 2.75) is 13.5 Å². The fourth-order valence-corrected chi connectivity index (χ4v) is 3.58. The third-order valence-electron chi connectivity index (χ3n) is 5.42. The third kappa shape index (κ3) is 5.07. The van der Waals surface area contributed by atoms with Crippen LogP contribution in [0.25, 0.3) is 6.08 Å². The van der Waals surface area contributed by atoms with Crippen LogP contribution in [0.2, 0.25) is 0 Å². The predicted octanol–water partition coefficient (Wildman–Crippen LogP) is 4.16. The minimum absolute atomic E-state index is 0.0416. The van der Waals surface area contributed by atoms with Gasteiger partial charge in [-0.1, -0.05) is 12.1 Å². The van der Waals surface area contributed by atoms with E-state index in [1.807, 2.05) is 13.0 Å². The summed E-state index contributed by atoms with van der Waals surface area (Å²) in [6, 6.07) is 16.7. The van der Waals surface area contributed by atoms with E-state index in [9.17, 15) is 24.5 Å². The van der Waals surface area contributed by atoms with Gasteiger partial charge in [0, 0.05) is 23.8 Å². The summed E-state index contributed by atoms with van der Waals surface area (Å²) in [6.07, 6.45) is 1.34. The van der Waals surface area contributed by atoms with Crippen molar-refractivity contribution in [3.8, 4) is 11.5 Å². The smallest absolute Gasteiger partial charge is 0.335 e. The molecule has 1 aliphatic rings. The molecule has 4 rings (SSSR count). The van der Waals surface area contributed by atoms with E-state index in [1.165, 1.54) is 25.3 Å². The Bertz CT molecular complexity index is 1400. The fourth-order valence-electron chi connectivity index (χ4n) is 3.58. The Hall–Kier alpha value is -4.99. The van der Waals surface area contributed by atoms with Crippen LogP contribution in [0.5, 0.6) is 11.5 Å². The number of methoxy groups -OCH3 is 1. The van der Waals surface area contributed by atoms with Crippen molar-refractivity contribution in [2.24, 2.45) is 0 Å². The van der Waals surface area contributed by atoms with Crippen molar-refractivity contribution in [1.82, 2.24) is 5.32 Å². The number of rotatable bonds is 7. The molecular formula is C26H21N3O7. The van der Waals surface area contributed by atoms with Crippen LogP contribution in [0, 0.1) is 17.0 Å². The maximum atomic E-state index is 13.2. The zero-order chi connectivity index (χ0) is 25.8. The van der Waals surface area contributed by atoms with Gasteiger partial charge in [0.05, 0.1) is 17.7 Å². The molecule has 3 aromatic rings. The Balaban J connectivity index is 1.66. The van der Waals surface area contributed by atoms with Gasteiger partial charge < -0.3 is 9.47 Å². The lowest BCUT2D eigenvalue weighted by molar-refractivity contribution is -0.384. The number of carbonyl (C=O) groups is 3. The lowest BCUT2D eigenvalue weighted by Gasteiger charge is -2.26. The summed E-state index contributed by atoms with van der Waals surface area (Å²) in [4.78, 5) is 49.6. The summed E-state index contributed by atoms with van der Waals surface area (Å²) < 4.78 is 11.2. The van der Waals surface area contributed by atoms with Crippen LogP contribution in [-0.4, -0.2) is 29.9 Å². The van der Waals surface area contributed by atoms with Gasteiger partial charge in [-0.15, -0.1) is 0 Å². The van der Waals surface area contributed by atoms with Crippen molar-refractivity contribution in [3.05, 3.63) is 99.1 Å². The molecule has 1 fully saturated rings. The van der Waals surface area contributed by atoms with Crippen LogP contribution >= 0.6 is 0 Å². The first-order valence-electron chi connectivity index (χ1n) is 10.8. The second-order valence-corrected chi connectivity index (χ2v) is 7.91. The highest BCUT2D eigenvalue weighted by Crippen LogP contribution is 2.30. The van der Waals surface area contributed by atoms with Gasteiger partial charge in [0.25, 0.3) is 17.5 Å². The molecule has 1 heterocycles. The molecule has 4 amide bonds. The highest BCUT2D eigenvalue weighted by Gasteiger charge is 2.37. The molecule has 1 N–H and O–H groups in total. The molecule has 0 bridgehead atoms. The van der Waals surface area contributed by atoms with E-state index in [2.05, 4.69) is 5.32 Å². The molecule has 1 aliphatic heterocycles. The molecule has 1 saturated heterocycles. The molecule has 0 unspecified atom stereocenters. The summed E-state index contributed by atoms with van der Waals surface area (Å²) in [5.74, 6) is -0.816. The first kappa shape index (κ1) is 24.1. The fraction of sp³-hybridized carbons (Fsp3) is 0.115. The molecule has 36 heavy (non-hydrogen) atoms. The molecule has 0 aromatic heterocycles. The number of anilines is 1. The lowest BCUT2D eigenvalue weighted by Crippen LogP contribution is -2.54. The summed E-state index contributed by atoms with van der Waals surface area (Å²) in [5.41, 5.74) is 1.95. The number of nitro benzene ring substituents is 1. The van der Waals surface area contributed by atoms with Gasteiger partial charge in [-0.25, -0.2) is 9.69 Å². The Kier molecular flexibility index (Phi) is 6.77. The van der Waals surface area contributed by atoms with Gasteiger partial charge in [0.15, 0.2) is 0 Å². The van der Waals surface area contributed by atoms with Gasteiger partial charge in [-0.2, -0.15) is 0 Å². The normalized spacial score (nSPS) is 14.6. The van der Waals surface area contributed by atoms with Crippen LogP contribution in [0.3, 0.4) is 0 Å². The molecule has 0 atom stereocenters. The summed E-state index contributed by atoms with van der Waals surface area (Å²) in [6.45, 7) is 1.89. The molecule has 0 saturated carbocycles. The number of nitrogens with one attached hydrogen (secondary N) is 1. The van der Waals surface area contributed by atoms with E-state index in [-0.39, 0.29) is 17.9 Å². The Morgan fingerprint density at radius 3 is 2.44 bits per heavy atom. The van der Waals surface area contributed by atoms with Crippen molar-refractivity contribution >= 4 is 35.3 Å². The standard InChI is InChI=1S/C26H21N3O7/c1-16-4-3-5-20(12-16)28-25(31)22(24(30)27-26(28)32)13-18-8-11-21(35-2)14-23(18)36-15-17-6-9-19(10-7-17)29(33)34/h3-14H,15H2,1-2H3,(H,27,30,32)/b22-13+. The number of urea groups is 1. The van der Waals surface area contributed by atoms with Crippen molar-refractivity contribution < 1.29 is 28.8 Å². The number of barbiturate groups is 1. The van der Waals surface area contributed by atoms with E-state index in [0.29, 0.717) is 28.3 Å². The maximum Gasteiger partial charge on any atom is 0.335 e. The average molecular weight is 487 g/mol. The molecule has 0 spiro atoms. The summed E-state index contributed by atoms with van der Waals surface area (Å²) >= 11 is 0. The van der Waals surface area contributed by atoms with Gasteiger partial charge >= 0.3 is 6.03 Å². The molecule has 182 valence electrons. The largest absolute Gasteiger partial charge is 0.497 e. The number of nitro groups is 1. The van der Waals surface area contributed by atoms with Crippen LogP contribution in [0.4, 0.5) is 16.2 Å². The van der Waals surface area contributed by atoms with E-state index in [1.54, 1.807) is 48.5 Å². The molecule has 10 heteroatoms. The third-order valence-corrected chi connectivity index (χ3v) is 5.42. The topological polar surface area (TPSA) is 128 Å². The molecular weight excluding hydrogens is 466 g/mol. The summed E-state index contributed by atoms with van der Waals surface area (Å²) in [7, 11) is 1.48. The van der Waals surface area contributed by atoms with Crippen LogP contribution in [-0.2, 0) is 16.2 Å². The van der Waals surface area contributed by atoms with Crippen molar-refractivity contribution in [2.75, 3.05) is 12.0 Å². The highest BCUT2D eigenvalue weighted by atomic mass is 16.6. The number of benzene rings is 3. The van der Waals surface area contributed by atoms with E-state index in [4.69, 9.17) is 9.47 Å². The minimum Gasteiger partial charge on any atom is -0.497 e. The van der Waals surface area contributed by atoms with Gasteiger partial charge in [-0.05, 0) is 60.5 Å². The molecule has 3 aromatic carbocycles. The quantitative estimate of drug-likeness (QED) is 0.229. The minimum atomic E-state index is -0.836. The predicted molar refractivity (Wildman–Crippen MR) is 131 cm³/mol. The van der Waals surface area contributed by atoms with Crippen LogP contribution in [0.15, 0.2) is 72.3 Å². The monoisotopic (exact) mass is 487 g/mol. The zero-order valence-corrected chi connectivity index (χ0v) is 19.4. The number of aryl methyl sites for hydroxylation is 1. The molecule has 0 aliphatic carbocycles. The van der Waals surface area contributed by atoms with E-state index < -0.39 is 22.8 Å². The number of hydrogen-bond donors (Lipinski definition) is 1. The van der Waals surface area contributed by atoms with E-state index >= 15 is 0 Å². The second-order valence-electron chi connectivity index (χ2n) is 7.91. The number of amides is 4. The van der Waals surface area contributed by atoms with Crippen molar-refractivity contribution in [3.63, 3.8) is 0 Å². The number of non-ortho nitro benzene ring substituents is 1. The molecule has 0 radical (unpaired) electrons. The van der Waals surface area contributed by atoms with Gasteiger partial charge in [-0.3, -0.25) is 25.0 Å². The SMILES string of the molecule is COc1ccc(/C=C2\C(=O)NC(=O)N(c3cccc(C)c3)C2=O)c(OCc2ccc([N+](=O)[O-])cc2)c1. The number of nitrogens with zero attached hydrogens (tertiary/aromatic N) is 2. The zero-order valence-electron chi connectivity index (χ0n) is 19.4. The lowest BCUT2D eigenvalue weighted by atomic mass is 10.1. The van der Waals surface area contributed by atoms with E-state index in [0.717, 1.165) is 10.5 Å². The van der Waals surface area contributed by atoms with Crippen molar-refractivity contribution in [1.29, 1.82) is 0 Å². The highest BCUT2D eigenvalue weighted by molar-refractivity contribution is 6.39. The molecule has 10 nitrogen and oxygen atoms in total. The van der Waals surface area contributed by atoms with Gasteiger partial charge in [0.1, 0.15) is 23.7 Å². The number of hydrogen-bond acceptors (Lipinski definition) is 7. The van der Waals surface area contributed by atoms with Crippen LogP contribution in [0.1, 0.15) is 16.7 Å². The summed E-state index contributed by atoms with van der Waals surface area (Å²) in [5, 5.41) is 13.1. The first-order chi connectivity index (χ1) is 17.3. The van der Waals surface area contributed by atoms with Crippen LogP contribution < -0.4 is 19.7 Å². The first-order valence-corrected chi connectivity index (χ1v) is 10.8. The maximum absolute atomic E-state index is 13.2. The Morgan fingerprint density at radius 1 is 1.03 bits per heavy atom. The number of ether oxygens (including phenoxy) is 2. The number of imide groups is 2. The number of carbonyl (C=O) groups excluding carboxylic acids is 3. The Morgan fingerprint density at radius 2 is 1.78 bits per heavy atom.